The highest BCUT2D eigenvalue weighted by molar-refractivity contribution is 5.94. The van der Waals surface area contributed by atoms with E-state index in [-0.39, 0.29) is 17.7 Å². The van der Waals surface area contributed by atoms with Crippen LogP contribution in [0.15, 0.2) is 12.1 Å². The lowest BCUT2D eigenvalue weighted by atomic mass is 10.0. The minimum absolute atomic E-state index is 0.0604. The van der Waals surface area contributed by atoms with Crippen molar-refractivity contribution in [2.45, 2.75) is 19.9 Å². The maximum Gasteiger partial charge on any atom is 0.573 e. The van der Waals surface area contributed by atoms with Crippen LogP contribution in [0.2, 0.25) is 0 Å². The first-order chi connectivity index (χ1) is 9.32. The van der Waals surface area contributed by atoms with Crippen molar-refractivity contribution in [1.29, 1.82) is 5.26 Å². The first-order valence-electron chi connectivity index (χ1n) is 5.43. The smallest absolute Gasteiger partial charge is 0.462 e. The first kappa shape index (κ1) is 15.8. The summed E-state index contributed by atoms with van der Waals surface area (Å²) in [5.41, 5.74) is -0.909. The number of nitrogens with zero attached hydrogens (tertiary/aromatic N) is 1. The number of aliphatic hydroxyl groups is 1. The molecule has 1 aromatic rings. The van der Waals surface area contributed by atoms with Crippen molar-refractivity contribution < 1.29 is 32.5 Å². The standard InChI is InChI=1S/C12H10F3NO4/c1-2-19-11(18)10-8(6-17)3-7(5-16)4-9(10)20-12(13,14)15/h3-4,17H,2,6H2,1H3. The van der Waals surface area contributed by atoms with Crippen molar-refractivity contribution in [1.82, 2.24) is 0 Å². The predicted molar refractivity (Wildman–Crippen MR) is 59.7 cm³/mol. The number of carbonyl (C=O) groups excluding carboxylic acids is 1. The lowest BCUT2D eigenvalue weighted by molar-refractivity contribution is -0.274. The summed E-state index contributed by atoms with van der Waals surface area (Å²) in [4.78, 5) is 11.7. The highest BCUT2D eigenvalue weighted by Gasteiger charge is 2.34. The third-order valence-electron chi connectivity index (χ3n) is 2.19. The Balaban J connectivity index is 3.43. The van der Waals surface area contributed by atoms with E-state index < -0.39 is 30.3 Å². The van der Waals surface area contributed by atoms with Gasteiger partial charge in [-0.25, -0.2) is 4.79 Å². The van der Waals surface area contributed by atoms with Gasteiger partial charge in [0.15, 0.2) is 0 Å². The zero-order valence-corrected chi connectivity index (χ0v) is 10.3. The maximum atomic E-state index is 12.3. The van der Waals surface area contributed by atoms with Gasteiger partial charge in [0.05, 0.1) is 24.8 Å². The number of esters is 1. The minimum atomic E-state index is -5.04. The maximum absolute atomic E-state index is 12.3. The third kappa shape index (κ3) is 3.86. The second kappa shape index (κ2) is 6.25. The van der Waals surface area contributed by atoms with Gasteiger partial charge in [-0.2, -0.15) is 5.26 Å². The molecule has 0 atom stereocenters. The average molecular weight is 289 g/mol. The van der Waals surface area contributed by atoms with Crippen molar-refractivity contribution in [3.8, 4) is 11.8 Å². The normalized spacial score (nSPS) is 10.8. The largest absolute Gasteiger partial charge is 0.573 e. The topological polar surface area (TPSA) is 79.5 Å². The minimum Gasteiger partial charge on any atom is -0.462 e. The number of alkyl halides is 3. The molecule has 5 nitrogen and oxygen atoms in total. The van der Waals surface area contributed by atoms with E-state index in [1.807, 2.05) is 0 Å². The Hall–Kier alpha value is -2.27. The average Bonchev–Trinajstić information content (AvgIpc) is 2.35. The number of hydrogen-bond donors (Lipinski definition) is 1. The molecule has 0 radical (unpaired) electrons. The number of aliphatic hydroxyl groups excluding tert-OH is 1. The van der Waals surface area contributed by atoms with Crippen LogP contribution in [0.1, 0.15) is 28.4 Å². The summed E-state index contributed by atoms with van der Waals surface area (Å²) < 4.78 is 45.3. The van der Waals surface area contributed by atoms with Crippen LogP contribution in [-0.2, 0) is 11.3 Å². The molecule has 0 aliphatic carbocycles. The van der Waals surface area contributed by atoms with Crippen LogP contribution in [0.4, 0.5) is 13.2 Å². The monoisotopic (exact) mass is 289 g/mol. The Bertz CT molecular complexity index is 549. The van der Waals surface area contributed by atoms with Gasteiger partial charge in [0, 0.05) is 0 Å². The molecule has 20 heavy (non-hydrogen) atoms. The fourth-order valence-corrected chi connectivity index (χ4v) is 1.50. The van der Waals surface area contributed by atoms with Crippen LogP contribution < -0.4 is 4.74 Å². The van der Waals surface area contributed by atoms with Crippen LogP contribution in [0, 0.1) is 11.3 Å². The van der Waals surface area contributed by atoms with Crippen molar-refractivity contribution in [3.63, 3.8) is 0 Å². The molecule has 0 spiro atoms. The number of hydrogen-bond acceptors (Lipinski definition) is 5. The molecular formula is C12H10F3NO4. The van der Waals surface area contributed by atoms with Crippen LogP contribution in [0.25, 0.3) is 0 Å². The molecule has 1 N–H and O–H groups in total. The summed E-state index contributed by atoms with van der Waals surface area (Å²) in [5.74, 6) is -1.95. The summed E-state index contributed by atoms with van der Waals surface area (Å²) in [6.07, 6.45) is -5.04. The van der Waals surface area contributed by atoms with Gasteiger partial charge in [-0.3, -0.25) is 0 Å². The van der Waals surface area contributed by atoms with Crippen LogP contribution >= 0.6 is 0 Å². The SMILES string of the molecule is CCOC(=O)c1c(CO)cc(C#N)cc1OC(F)(F)F. The molecule has 0 heterocycles. The lowest BCUT2D eigenvalue weighted by Crippen LogP contribution is -2.21. The van der Waals surface area contributed by atoms with E-state index in [0.717, 1.165) is 12.1 Å². The van der Waals surface area contributed by atoms with E-state index >= 15 is 0 Å². The molecule has 0 saturated carbocycles. The van der Waals surface area contributed by atoms with Gasteiger partial charge in [0.1, 0.15) is 11.3 Å². The Morgan fingerprint density at radius 1 is 1.45 bits per heavy atom. The predicted octanol–water partition coefficient (Wildman–Crippen LogP) is 2.13. The fourth-order valence-electron chi connectivity index (χ4n) is 1.50. The van der Waals surface area contributed by atoms with Gasteiger partial charge < -0.3 is 14.6 Å². The number of rotatable bonds is 4. The molecule has 0 aromatic heterocycles. The molecule has 0 aliphatic rings. The van der Waals surface area contributed by atoms with Gasteiger partial charge in [0.25, 0.3) is 0 Å². The van der Waals surface area contributed by atoms with E-state index in [0.29, 0.717) is 0 Å². The van der Waals surface area contributed by atoms with E-state index in [1.165, 1.54) is 6.92 Å². The quantitative estimate of drug-likeness (QED) is 0.859. The molecular weight excluding hydrogens is 279 g/mol. The van der Waals surface area contributed by atoms with Crippen LogP contribution in [-0.4, -0.2) is 24.0 Å². The molecule has 0 unspecified atom stereocenters. The van der Waals surface area contributed by atoms with Crippen molar-refractivity contribution >= 4 is 5.97 Å². The molecule has 0 amide bonds. The summed E-state index contributed by atoms with van der Waals surface area (Å²) in [5, 5.41) is 17.9. The number of halogens is 3. The summed E-state index contributed by atoms with van der Waals surface area (Å²) in [7, 11) is 0. The highest BCUT2D eigenvalue weighted by Crippen LogP contribution is 2.31. The molecule has 0 bridgehead atoms. The Morgan fingerprint density at radius 2 is 2.10 bits per heavy atom. The van der Waals surface area contributed by atoms with Gasteiger partial charge in [0.2, 0.25) is 0 Å². The van der Waals surface area contributed by atoms with Crippen LogP contribution in [0.3, 0.4) is 0 Å². The Kier molecular flexibility index (Phi) is 4.94. The van der Waals surface area contributed by atoms with E-state index in [1.54, 1.807) is 6.07 Å². The van der Waals surface area contributed by atoms with Gasteiger partial charge in [-0.1, -0.05) is 0 Å². The number of carbonyl (C=O) groups is 1. The van der Waals surface area contributed by atoms with E-state index in [2.05, 4.69) is 9.47 Å². The molecule has 0 aliphatic heterocycles. The van der Waals surface area contributed by atoms with Gasteiger partial charge in [-0.15, -0.1) is 13.2 Å². The second-order valence-corrected chi connectivity index (χ2v) is 3.55. The Labute approximate surface area is 112 Å². The van der Waals surface area contributed by atoms with Crippen molar-refractivity contribution in [2.75, 3.05) is 6.61 Å². The Morgan fingerprint density at radius 3 is 2.55 bits per heavy atom. The van der Waals surface area contributed by atoms with Crippen LogP contribution in [0.5, 0.6) is 5.75 Å². The third-order valence-corrected chi connectivity index (χ3v) is 2.19. The van der Waals surface area contributed by atoms with Crippen molar-refractivity contribution in [3.05, 3.63) is 28.8 Å². The highest BCUT2D eigenvalue weighted by atomic mass is 19.4. The number of benzene rings is 1. The summed E-state index contributed by atoms with van der Waals surface area (Å²) in [6.45, 7) is 0.678. The van der Waals surface area contributed by atoms with E-state index in [4.69, 9.17) is 10.4 Å². The van der Waals surface area contributed by atoms with Gasteiger partial charge >= 0.3 is 12.3 Å². The van der Waals surface area contributed by atoms with Crippen molar-refractivity contribution in [2.24, 2.45) is 0 Å². The molecule has 0 fully saturated rings. The fraction of sp³-hybridized carbons (Fsp3) is 0.333. The number of nitriles is 1. The molecule has 0 saturated heterocycles. The molecule has 1 rings (SSSR count). The summed E-state index contributed by atoms with van der Waals surface area (Å²) in [6, 6.07) is 3.47. The zero-order chi connectivity index (χ0) is 15.3. The summed E-state index contributed by atoms with van der Waals surface area (Å²) >= 11 is 0. The lowest BCUT2D eigenvalue weighted by Gasteiger charge is -2.15. The number of ether oxygens (including phenoxy) is 2. The van der Waals surface area contributed by atoms with Gasteiger partial charge in [-0.05, 0) is 24.6 Å². The second-order valence-electron chi connectivity index (χ2n) is 3.55. The zero-order valence-electron chi connectivity index (χ0n) is 10.3. The van der Waals surface area contributed by atoms with E-state index in [9.17, 15) is 18.0 Å². The molecule has 8 heteroatoms. The molecule has 108 valence electrons. The first-order valence-corrected chi connectivity index (χ1v) is 5.43. The molecule has 1 aromatic carbocycles.